The summed E-state index contributed by atoms with van der Waals surface area (Å²) in [5.41, 5.74) is 5.46. The van der Waals surface area contributed by atoms with Gasteiger partial charge in [-0.05, 0) is 15.9 Å². The molecule has 3 heterocycles. The Kier molecular flexibility index (Phi) is 3.53. The Morgan fingerprint density at radius 2 is 2.05 bits per heavy atom. The molecule has 1 amide bonds. The highest BCUT2D eigenvalue weighted by Crippen LogP contribution is 2.30. The van der Waals surface area contributed by atoms with Crippen molar-refractivity contribution < 1.29 is 24.9 Å². The van der Waals surface area contributed by atoms with Crippen LogP contribution in [0.2, 0.25) is 0 Å². The van der Waals surface area contributed by atoms with Crippen LogP contribution in [0.4, 0.5) is 0 Å². The molecular formula is C10H12BrN5O5. The first-order valence-corrected chi connectivity index (χ1v) is 6.85. The molecule has 1 fully saturated rings. The smallest absolute Gasteiger partial charge is 0.281 e. The molecule has 21 heavy (non-hydrogen) atoms. The van der Waals surface area contributed by atoms with E-state index in [4.69, 9.17) is 15.6 Å². The van der Waals surface area contributed by atoms with Crippen LogP contribution in [0.5, 0.6) is 0 Å². The van der Waals surface area contributed by atoms with E-state index in [2.05, 4.69) is 30.9 Å². The average molecular weight is 362 g/mol. The Bertz CT molecular complexity index is 578. The van der Waals surface area contributed by atoms with Gasteiger partial charge in [-0.1, -0.05) is 0 Å². The number of amides is 1. The molecule has 3 aliphatic heterocycles. The van der Waals surface area contributed by atoms with Crippen LogP contribution in [0.15, 0.2) is 15.0 Å². The first kappa shape index (κ1) is 14.5. The van der Waals surface area contributed by atoms with Crippen LogP contribution in [0, 0.1) is 0 Å². The number of amidine groups is 2. The zero-order valence-electron chi connectivity index (χ0n) is 10.5. The summed E-state index contributed by atoms with van der Waals surface area (Å²) in [5.74, 6) is -0.654. The number of aliphatic hydroxyl groups is 3. The molecule has 0 aromatic rings. The van der Waals surface area contributed by atoms with Crippen LogP contribution in [0.1, 0.15) is 0 Å². The molecule has 0 saturated carbocycles. The number of ether oxygens (including phenoxy) is 1. The molecule has 1 saturated heterocycles. The van der Waals surface area contributed by atoms with Crippen LogP contribution < -0.4 is 5.73 Å². The third kappa shape index (κ3) is 2.17. The number of aliphatic hydroxyl groups excluding tert-OH is 3. The lowest BCUT2D eigenvalue weighted by atomic mass is 10.1. The zero-order chi connectivity index (χ0) is 15.3. The van der Waals surface area contributed by atoms with Crippen LogP contribution in [0.3, 0.4) is 0 Å². The maximum Gasteiger partial charge on any atom is 0.281 e. The van der Waals surface area contributed by atoms with E-state index in [1.807, 2.05) is 0 Å². The van der Waals surface area contributed by atoms with Crippen LogP contribution in [-0.2, 0) is 9.53 Å². The maximum absolute atomic E-state index is 11.8. The van der Waals surface area contributed by atoms with Crippen molar-refractivity contribution in [3.05, 3.63) is 0 Å². The average Bonchev–Trinajstić information content (AvgIpc) is 2.89. The van der Waals surface area contributed by atoms with Crippen molar-refractivity contribution in [2.24, 2.45) is 20.7 Å². The van der Waals surface area contributed by atoms with Crippen LogP contribution in [-0.4, -0.2) is 79.9 Å². The summed E-state index contributed by atoms with van der Waals surface area (Å²) in [4.78, 5) is 24.6. The number of hydrogen-bond donors (Lipinski definition) is 4. The van der Waals surface area contributed by atoms with Gasteiger partial charge in [0.25, 0.3) is 5.91 Å². The van der Waals surface area contributed by atoms with Gasteiger partial charge < -0.3 is 25.8 Å². The van der Waals surface area contributed by atoms with Gasteiger partial charge in [-0.3, -0.25) is 9.69 Å². The number of aliphatic imine (C=N–C) groups is 3. The fraction of sp³-hybridized carbons (Fsp3) is 0.600. The predicted octanol–water partition coefficient (Wildman–Crippen LogP) is -2.89. The minimum absolute atomic E-state index is 0.147. The second-order valence-corrected chi connectivity index (χ2v) is 5.39. The molecule has 10 nitrogen and oxygen atoms in total. The normalized spacial score (nSPS) is 39.0. The van der Waals surface area contributed by atoms with Gasteiger partial charge in [0.1, 0.15) is 18.3 Å². The Morgan fingerprint density at radius 3 is 2.67 bits per heavy atom. The minimum Gasteiger partial charge on any atom is -0.394 e. The fourth-order valence-electron chi connectivity index (χ4n) is 2.38. The second kappa shape index (κ2) is 5.10. The van der Waals surface area contributed by atoms with Crippen molar-refractivity contribution in [1.82, 2.24) is 4.90 Å². The summed E-state index contributed by atoms with van der Waals surface area (Å²) < 4.78 is 5.60. The Morgan fingerprint density at radius 1 is 1.33 bits per heavy atom. The zero-order valence-corrected chi connectivity index (χ0v) is 12.1. The standard InChI is InChI=1S/C10H12BrN5O5/c11-9-13-3-6(14-10(12)15-7(3)20)16(9)8-5(19)4(18)2(1-17)21-8/h2-5,8,17-19H,1H2,(H2,12,15,20)/t2-,3+,4+,5-,8-/m1/s1. The molecule has 3 rings (SSSR count). The molecule has 0 radical (unpaired) electrons. The quantitative estimate of drug-likeness (QED) is 0.385. The number of nitrogens with two attached hydrogens (primary N) is 1. The molecule has 11 heteroatoms. The van der Waals surface area contributed by atoms with Gasteiger partial charge in [-0.25, -0.2) is 4.99 Å². The summed E-state index contributed by atoms with van der Waals surface area (Å²) in [7, 11) is 0. The van der Waals surface area contributed by atoms with Crippen molar-refractivity contribution in [3.8, 4) is 0 Å². The van der Waals surface area contributed by atoms with Crippen LogP contribution >= 0.6 is 15.9 Å². The lowest BCUT2D eigenvalue weighted by molar-refractivity contribution is -0.117. The van der Waals surface area contributed by atoms with Gasteiger partial charge >= 0.3 is 0 Å². The highest BCUT2D eigenvalue weighted by atomic mass is 79.9. The Balaban J connectivity index is 1.94. The van der Waals surface area contributed by atoms with E-state index < -0.39 is 43.1 Å². The summed E-state index contributed by atoms with van der Waals surface area (Å²) in [6.45, 7) is -0.463. The predicted molar refractivity (Wildman–Crippen MR) is 73.8 cm³/mol. The number of hydrogen-bond acceptors (Lipinski definition) is 9. The van der Waals surface area contributed by atoms with Crippen molar-refractivity contribution in [3.63, 3.8) is 0 Å². The third-order valence-electron chi connectivity index (χ3n) is 3.39. The molecule has 0 spiro atoms. The van der Waals surface area contributed by atoms with E-state index in [9.17, 15) is 15.0 Å². The molecular weight excluding hydrogens is 350 g/mol. The van der Waals surface area contributed by atoms with Crippen LogP contribution in [0.25, 0.3) is 0 Å². The number of fused-ring (bicyclic) bond motifs is 1. The van der Waals surface area contributed by atoms with E-state index in [1.165, 1.54) is 4.90 Å². The van der Waals surface area contributed by atoms with Gasteiger partial charge in [0.2, 0.25) is 5.96 Å². The number of carbonyl (C=O) groups excluding carboxylic acids is 1. The largest absolute Gasteiger partial charge is 0.394 e. The lowest BCUT2D eigenvalue weighted by Crippen LogP contribution is -2.50. The summed E-state index contributed by atoms with van der Waals surface area (Å²) in [6.07, 6.45) is -4.60. The van der Waals surface area contributed by atoms with Crippen molar-refractivity contribution in [2.75, 3.05) is 6.61 Å². The molecule has 0 aromatic heterocycles. The molecule has 0 unspecified atom stereocenters. The van der Waals surface area contributed by atoms with Gasteiger partial charge in [-0.2, -0.15) is 9.98 Å². The topological polar surface area (TPSA) is 153 Å². The van der Waals surface area contributed by atoms with Gasteiger partial charge in [0, 0.05) is 0 Å². The number of halogens is 1. The van der Waals surface area contributed by atoms with Gasteiger partial charge in [-0.15, -0.1) is 0 Å². The Labute approximate surface area is 126 Å². The van der Waals surface area contributed by atoms with Crippen molar-refractivity contribution in [1.29, 1.82) is 0 Å². The van der Waals surface area contributed by atoms with E-state index in [-0.39, 0.29) is 16.5 Å². The summed E-state index contributed by atoms with van der Waals surface area (Å²) in [5, 5.41) is 29.0. The summed E-state index contributed by atoms with van der Waals surface area (Å²) >= 11 is 3.16. The Hall–Kier alpha value is -1.40. The highest BCUT2D eigenvalue weighted by molar-refractivity contribution is 9.18. The molecule has 5 atom stereocenters. The number of guanidine groups is 1. The highest BCUT2D eigenvalue weighted by Gasteiger charge is 2.51. The number of carbonyl (C=O) groups is 1. The van der Waals surface area contributed by atoms with E-state index in [0.717, 1.165) is 0 Å². The van der Waals surface area contributed by atoms with Gasteiger partial charge in [0.15, 0.2) is 22.9 Å². The first-order chi connectivity index (χ1) is 9.93. The maximum atomic E-state index is 11.8. The molecule has 5 N–H and O–H groups in total. The lowest BCUT2D eigenvalue weighted by Gasteiger charge is -2.28. The summed E-state index contributed by atoms with van der Waals surface area (Å²) in [6, 6.07) is -0.965. The van der Waals surface area contributed by atoms with E-state index in [1.54, 1.807) is 0 Å². The molecule has 0 aliphatic carbocycles. The minimum atomic E-state index is -1.32. The molecule has 0 aromatic carbocycles. The molecule has 3 aliphatic rings. The first-order valence-electron chi connectivity index (χ1n) is 6.05. The monoisotopic (exact) mass is 361 g/mol. The van der Waals surface area contributed by atoms with E-state index in [0.29, 0.717) is 0 Å². The number of rotatable bonds is 2. The van der Waals surface area contributed by atoms with E-state index >= 15 is 0 Å². The third-order valence-corrected chi connectivity index (χ3v) is 3.97. The van der Waals surface area contributed by atoms with Gasteiger partial charge in [0.05, 0.1) is 6.61 Å². The molecule has 114 valence electrons. The van der Waals surface area contributed by atoms with Crippen molar-refractivity contribution in [2.45, 2.75) is 30.6 Å². The molecule has 0 bridgehead atoms. The SMILES string of the molecule is NC1=NC(=O)[C@H]2N=C(Br)N([C@@H]3O[C@H](CO)[C@H](O)[C@H]3O)C2=N1. The van der Waals surface area contributed by atoms with Crippen molar-refractivity contribution >= 4 is 38.4 Å². The number of nitrogens with zero attached hydrogens (tertiary/aromatic N) is 4. The fourth-order valence-corrected chi connectivity index (χ4v) is 2.97. The second-order valence-electron chi connectivity index (χ2n) is 4.68.